The van der Waals surface area contributed by atoms with Crippen LogP contribution < -0.4 is 0 Å². The number of likely N-dealkylation sites (N-methyl/N-ethyl adjacent to an activating group) is 1. The Morgan fingerprint density at radius 3 is 2.71 bits per heavy atom. The van der Waals surface area contributed by atoms with Crippen molar-refractivity contribution in [3.63, 3.8) is 0 Å². The minimum absolute atomic E-state index is 0.749. The van der Waals surface area contributed by atoms with Gasteiger partial charge in [0, 0.05) is 11.9 Å². The average molecular weight is 278 g/mol. The molecule has 1 heterocycles. The van der Waals surface area contributed by atoms with Crippen LogP contribution in [0.2, 0.25) is 0 Å². The van der Waals surface area contributed by atoms with Gasteiger partial charge in [-0.25, -0.2) is 4.98 Å². The number of aromatic nitrogens is 1. The quantitative estimate of drug-likeness (QED) is 0.844. The smallest absolute Gasteiger partial charge is 0.0709 e. The van der Waals surface area contributed by atoms with E-state index in [9.17, 15) is 0 Å². The number of fused-ring (bicyclic) bond motifs is 3. The van der Waals surface area contributed by atoms with Crippen LogP contribution in [-0.2, 0) is 0 Å². The van der Waals surface area contributed by atoms with E-state index in [2.05, 4.69) is 55.4 Å². The SMILES string of the molecule is CN(C)CC1=C(c2ccc3ccccc3n2)C2CCC1C2. The molecule has 0 N–H and O–H groups in total. The number of rotatable bonds is 3. The van der Waals surface area contributed by atoms with E-state index in [1.165, 1.54) is 30.3 Å². The van der Waals surface area contributed by atoms with Crippen LogP contribution in [0.3, 0.4) is 0 Å². The molecule has 2 aromatic rings. The predicted octanol–water partition coefficient (Wildman–Crippen LogP) is 3.98. The van der Waals surface area contributed by atoms with Gasteiger partial charge in [-0.3, -0.25) is 0 Å². The van der Waals surface area contributed by atoms with Crippen LogP contribution in [0.15, 0.2) is 42.0 Å². The fourth-order valence-electron chi connectivity index (χ4n) is 4.19. The van der Waals surface area contributed by atoms with E-state index in [-0.39, 0.29) is 0 Å². The molecule has 0 saturated heterocycles. The molecule has 108 valence electrons. The summed E-state index contributed by atoms with van der Waals surface area (Å²) in [6.45, 7) is 1.09. The fourth-order valence-corrected chi connectivity index (χ4v) is 4.19. The van der Waals surface area contributed by atoms with Crippen molar-refractivity contribution < 1.29 is 0 Å². The van der Waals surface area contributed by atoms with E-state index >= 15 is 0 Å². The Kier molecular flexibility index (Phi) is 3.07. The molecule has 2 atom stereocenters. The first-order valence-electron chi connectivity index (χ1n) is 7.96. The largest absolute Gasteiger partial charge is 0.305 e. The lowest BCUT2D eigenvalue weighted by molar-refractivity contribution is 0.423. The molecule has 2 heteroatoms. The van der Waals surface area contributed by atoms with E-state index in [1.54, 1.807) is 11.1 Å². The topological polar surface area (TPSA) is 16.1 Å². The van der Waals surface area contributed by atoms with Crippen LogP contribution in [0.25, 0.3) is 16.5 Å². The van der Waals surface area contributed by atoms with Gasteiger partial charge in [0.2, 0.25) is 0 Å². The van der Waals surface area contributed by atoms with Crippen LogP contribution in [0.1, 0.15) is 25.0 Å². The third-order valence-corrected chi connectivity index (χ3v) is 5.04. The van der Waals surface area contributed by atoms with Gasteiger partial charge < -0.3 is 4.90 Å². The molecule has 0 aliphatic heterocycles. The Balaban J connectivity index is 1.83. The summed E-state index contributed by atoms with van der Waals surface area (Å²) in [4.78, 5) is 7.26. The second kappa shape index (κ2) is 4.96. The molecule has 1 aromatic heterocycles. The zero-order valence-electron chi connectivity index (χ0n) is 12.8. The minimum atomic E-state index is 0.749. The number of benzene rings is 1. The summed E-state index contributed by atoms with van der Waals surface area (Å²) in [5.74, 6) is 1.55. The third-order valence-electron chi connectivity index (χ3n) is 5.04. The molecular formula is C19H22N2. The first-order chi connectivity index (χ1) is 10.2. The van der Waals surface area contributed by atoms with Gasteiger partial charge in [0.15, 0.2) is 0 Å². The summed E-state index contributed by atoms with van der Waals surface area (Å²) >= 11 is 0. The van der Waals surface area contributed by atoms with Gasteiger partial charge >= 0.3 is 0 Å². The van der Waals surface area contributed by atoms with Crippen LogP contribution in [0.4, 0.5) is 0 Å². The van der Waals surface area contributed by atoms with Crippen molar-refractivity contribution in [1.29, 1.82) is 0 Å². The lowest BCUT2D eigenvalue weighted by atomic mass is 9.89. The molecule has 4 rings (SSSR count). The Morgan fingerprint density at radius 1 is 1.05 bits per heavy atom. The molecule has 0 amide bonds. The van der Waals surface area contributed by atoms with Gasteiger partial charge in [-0.2, -0.15) is 0 Å². The Bertz CT molecular complexity index is 714. The van der Waals surface area contributed by atoms with Crippen LogP contribution in [0.5, 0.6) is 0 Å². The van der Waals surface area contributed by atoms with E-state index < -0.39 is 0 Å². The number of allylic oxidation sites excluding steroid dienone is 1. The fraction of sp³-hybridized carbons (Fsp3) is 0.421. The summed E-state index contributed by atoms with van der Waals surface area (Å²) in [5, 5.41) is 1.24. The zero-order valence-corrected chi connectivity index (χ0v) is 12.8. The molecule has 1 fully saturated rings. The molecule has 2 nitrogen and oxygen atoms in total. The van der Waals surface area contributed by atoms with E-state index in [0.29, 0.717) is 0 Å². The maximum absolute atomic E-state index is 4.96. The number of pyridine rings is 1. The van der Waals surface area contributed by atoms with Gasteiger partial charge in [0.25, 0.3) is 0 Å². The Labute approximate surface area is 126 Å². The van der Waals surface area contributed by atoms with Gasteiger partial charge in [0.05, 0.1) is 11.2 Å². The normalized spacial score (nSPS) is 24.5. The molecule has 0 spiro atoms. The molecular weight excluding hydrogens is 256 g/mol. The number of hydrogen-bond donors (Lipinski definition) is 0. The Hall–Kier alpha value is -1.67. The third kappa shape index (κ3) is 2.18. The van der Waals surface area contributed by atoms with Gasteiger partial charge in [0.1, 0.15) is 0 Å². The molecule has 1 saturated carbocycles. The highest BCUT2D eigenvalue weighted by Crippen LogP contribution is 2.52. The predicted molar refractivity (Wildman–Crippen MR) is 88.0 cm³/mol. The second-order valence-electron chi connectivity index (χ2n) is 6.77. The molecule has 21 heavy (non-hydrogen) atoms. The van der Waals surface area contributed by atoms with Crippen LogP contribution >= 0.6 is 0 Å². The highest BCUT2D eigenvalue weighted by atomic mass is 15.1. The molecule has 0 radical (unpaired) electrons. The molecule has 2 bridgehead atoms. The number of para-hydroxylation sites is 1. The van der Waals surface area contributed by atoms with Gasteiger partial charge in [-0.1, -0.05) is 24.3 Å². The second-order valence-corrected chi connectivity index (χ2v) is 6.77. The molecule has 2 unspecified atom stereocenters. The minimum Gasteiger partial charge on any atom is -0.305 e. The summed E-state index contributed by atoms with van der Waals surface area (Å²) in [6, 6.07) is 12.9. The van der Waals surface area contributed by atoms with Crippen molar-refractivity contribution in [1.82, 2.24) is 9.88 Å². The first kappa shape index (κ1) is 13.0. The maximum atomic E-state index is 4.96. The van der Waals surface area contributed by atoms with Crippen molar-refractivity contribution >= 4 is 16.5 Å². The summed E-state index contributed by atoms with van der Waals surface area (Å²) < 4.78 is 0. The lowest BCUT2D eigenvalue weighted by Crippen LogP contribution is -2.19. The monoisotopic (exact) mass is 278 g/mol. The summed E-state index contributed by atoms with van der Waals surface area (Å²) in [6.07, 6.45) is 4.09. The van der Waals surface area contributed by atoms with E-state index in [4.69, 9.17) is 4.98 Å². The zero-order chi connectivity index (χ0) is 14.4. The lowest BCUT2D eigenvalue weighted by Gasteiger charge is -2.22. The molecule has 1 aromatic carbocycles. The van der Waals surface area contributed by atoms with Crippen molar-refractivity contribution in [3.8, 4) is 0 Å². The highest BCUT2D eigenvalue weighted by molar-refractivity contribution is 5.82. The highest BCUT2D eigenvalue weighted by Gasteiger charge is 2.39. The van der Waals surface area contributed by atoms with Crippen molar-refractivity contribution in [2.24, 2.45) is 11.8 Å². The summed E-state index contributed by atoms with van der Waals surface area (Å²) in [5.41, 5.74) is 5.55. The van der Waals surface area contributed by atoms with Crippen molar-refractivity contribution in [3.05, 3.63) is 47.7 Å². The molecule has 2 aliphatic carbocycles. The Morgan fingerprint density at radius 2 is 1.86 bits per heavy atom. The first-order valence-corrected chi connectivity index (χ1v) is 7.96. The van der Waals surface area contributed by atoms with Crippen LogP contribution in [-0.4, -0.2) is 30.5 Å². The number of hydrogen-bond acceptors (Lipinski definition) is 2. The van der Waals surface area contributed by atoms with Crippen molar-refractivity contribution in [2.75, 3.05) is 20.6 Å². The van der Waals surface area contributed by atoms with Gasteiger partial charge in [-0.15, -0.1) is 0 Å². The van der Waals surface area contributed by atoms with E-state index in [0.717, 1.165) is 23.9 Å². The molecule has 2 aliphatic rings. The van der Waals surface area contributed by atoms with Crippen molar-refractivity contribution in [2.45, 2.75) is 19.3 Å². The average Bonchev–Trinajstić information content (AvgIpc) is 3.07. The summed E-state index contributed by atoms with van der Waals surface area (Å²) in [7, 11) is 4.34. The van der Waals surface area contributed by atoms with Gasteiger partial charge in [-0.05, 0) is 68.5 Å². The van der Waals surface area contributed by atoms with E-state index in [1.807, 2.05) is 0 Å². The van der Waals surface area contributed by atoms with Crippen LogP contribution in [0, 0.1) is 11.8 Å². The maximum Gasteiger partial charge on any atom is 0.0709 e. The standard InChI is InChI=1S/C19H22N2/c1-21(2)12-16-14-7-8-15(11-14)19(16)18-10-9-13-5-3-4-6-17(13)20-18/h3-6,9-10,14-15H,7-8,11-12H2,1-2H3. The number of nitrogens with zero attached hydrogens (tertiary/aromatic N) is 2.